The molecule has 0 radical (unpaired) electrons. The number of methoxy groups -OCH3 is 2. The highest BCUT2D eigenvalue weighted by atomic mass is 32.2. The minimum Gasteiger partial charge on any atom is -0.497 e. The molecule has 0 aliphatic carbocycles. The highest BCUT2D eigenvalue weighted by Crippen LogP contribution is 2.29. The van der Waals surface area contributed by atoms with Crippen LogP contribution in [0.4, 0.5) is 11.5 Å². The molecule has 4 rings (SSSR count). The lowest BCUT2D eigenvalue weighted by Crippen LogP contribution is -2.46. The van der Waals surface area contributed by atoms with Gasteiger partial charge in [-0.2, -0.15) is 0 Å². The molecule has 1 saturated heterocycles. The minimum absolute atomic E-state index is 0.0270. The number of benzene rings is 2. The lowest BCUT2D eigenvalue weighted by molar-refractivity contribution is 0.249. The summed E-state index contributed by atoms with van der Waals surface area (Å²) in [5.74, 6) is 1.71. The average Bonchev–Trinajstić information content (AvgIpc) is 2.85. The Bertz CT molecular complexity index is 1160. The van der Waals surface area contributed by atoms with Gasteiger partial charge in [0, 0.05) is 50.7 Å². The van der Waals surface area contributed by atoms with Crippen molar-refractivity contribution in [3.63, 3.8) is 0 Å². The summed E-state index contributed by atoms with van der Waals surface area (Å²) in [4.78, 5) is 9.14. The molecule has 33 heavy (non-hydrogen) atoms. The molecule has 8 nitrogen and oxygen atoms in total. The van der Waals surface area contributed by atoms with Crippen LogP contribution in [0.2, 0.25) is 0 Å². The van der Waals surface area contributed by atoms with Crippen LogP contribution in [0.3, 0.4) is 0 Å². The summed E-state index contributed by atoms with van der Waals surface area (Å²) in [5.41, 5.74) is 1.62. The van der Waals surface area contributed by atoms with Gasteiger partial charge in [-0.15, -0.1) is 0 Å². The Kier molecular flexibility index (Phi) is 7.00. The number of rotatable bonds is 8. The maximum Gasteiger partial charge on any atom is 0.265 e. The van der Waals surface area contributed by atoms with E-state index in [-0.39, 0.29) is 10.6 Å². The number of nitrogens with zero attached hydrogens (tertiary/aromatic N) is 3. The molecule has 9 heteroatoms. The van der Waals surface area contributed by atoms with Gasteiger partial charge in [0.05, 0.1) is 14.2 Å². The zero-order valence-corrected chi connectivity index (χ0v) is 19.6. The summed E-state index contributed by atoms with van der Waals surface area (Å²) in [6.45, 7) is 4.56. The fourth-order valence-corrected chi connectivity index (χ4v) is 5.06. The van der Waals surface area contributed by atoms with E-state index in [1.54, 1.807) is 24.3 Å². The van der Waals surface area contributed by atoms with Gasteiger partial charge in [0.15, 0.2) is 0 Å². The molecule has 0 spiro atoms. The molecule has 0 atom stereocenters. The summed E-state index contributed by atoms with van der Waals surface area (Å²) >= 11 is 0. The molecule has 1 aliphatic heterocycles. The molecular weight excluding hydrogens is 440 g/mol. The van der Waals surface area contributed by atoms with Crippen molar-refractivity contribution in [3.8, 4) is 11.5 Å². The van der Waals surface area contributed by atoms with Crippen molar-refractivity contribution in [3.05, 3.63) is 72.4 Å². The van der Waals surface area contributed by atoms with E-state index in [4.69, 9.17) is 9.47 Å². The molecule has 2 aromatic carbocycles. The zero-order chi connectivity index (χ0) is 23.3. The van der Waals surface area contributed by atoms with Crippen LogP contribution in [0.15, 0.2) is 71.8 Å². The molecule has 0 unspecified atom stereocenters. The van der Waals surface area contributed by atoms with Crippen molar-refractivity contribution < 1.29 is 17.9 Å². The van der Waals surface area contributed by atoms with Crippen molar-refractivity contribution in [2.45, 2.75) is 11.4 Å². The Morgan fingerprint density at radius 2 is 1.70 bits per heavy atom. The van der Waals surface area contributed by atoms with Crippen LogP contribution in [0.25, 0.3) is 0 Å². The summed E-state index contributed by atoms with van der Waals surface area (Å²) < 4.78 is 38.9. The van der Waals surface area contributed by atoms with E-state index in [1.807, 2.05) is 36.5 Å². The average molecular weight is 469 g/mol. The molecule has 0 amide bonds. The quantitative estimate of drug-likeness (QED) is 0.543. The van der Waals surface area contributed by atoms with Crippen LogP contribution in [-0.4, -0.2) is 58.7 Å². The number of piperazine rings is 1. The van der Waals surface area contributed by atoms with Crippen LogP contribution < -0.4 is 19.1 Å². The predicted molar refractivity (Wildman–Crippen MR) is 129 cm³/mol. The van der Waals surface area contributed by atoms with E-state index >= 15 is 0 Å². The standard InChI is InChI=1S/C24H28N4O4S/c1-31-21-10-11-22(32-2)23(17-21)33(29,30)26-20-8-6-19(7-9-20)18-27-13-15-28(16-14-27)24-5-3-4-12-25-24/h3-12,17,26H,13-16,18H2,1-2H3. The molecule has 1 aliphatic rings. The topological polar surface area (TPSA) is 84.0 Å². The molecule has 0 bridgehead atoms. The number of hydrogen-bond acceptors (Lipinski definition) is 7. The molecule has 174 valence electrons. The van der Waals surface area contributed by atoms with Crippen molar-refractivity contribution in [1.82, 2.24) is 9.88 Å². The predicted octanol–water partition coefficient (Wildman–Crippen LogP) is 3.22. The van der Waals surface area contributed by atoms with Gasteiger partial charge in [-0.05, 0) is 42.0 Å². The third kappa shape index (κ3) is 5.55. The second-order valence-corrected chi connectivity index (χ2v) is 9.42. The lowest BCUT2D eigenvalue weighted by Gasteiger charge is -2.35. The van der Waals surface area contributed by atoms with Crippen LogP contribution in [0.5, 0.6) is 11.5 Å². The third-order valence-corrected chi connectivity index (χ3v) is 7.02. The summed E-state index contributed by atoms with van der Waals surface area (Å²) in [5, 5.41) is 0. The Balaban J connectivity index is 1.37. The molecule has 1 N–H and O–H groups in total. The van der Waals surface area contributed by atoms with Gasteiger partial charge in [-0.1, -0.05) is 18.2 Å². The van der Waals surface area contributed by atoms with Gasteiger partial charge in [0.25, 0.3) is 10.0 Å². The Labute approximate surface area is 194 Å². The number of sulfonamides is 1. The molecule has 3 aromatic rings. The highest BCUT2D eigenvalue weighted by Gasteiger charge is 2.21. The van der Waals surface area contributed by atoms with Crippen LogP contribution >= 0.6 is 0 Å². The third-order valence-electron chi connectivity index (χ3n) is 5.62. The Morgan fingerprint density at radius 1 is 0.939 bits per heavy atom. The first-order valence-electron chi connectivity index (χ1n) is 10.7. The number of nitrogens with one attached hydrogen (secondary N) is 1. The SMILES string of the molecule is COc1ccc(OC)c(S(=O)(=O)Nc2ccc(CN3CCN(c4ccccn4)CC3)cc2)c1. The van der Waals surface area contributed by atoms with Gasteiger partial charge in [0.2, 0.25) is 0 Å². The summed E-state index contributed by atoms with van der Waals surface area (Å²) in [6.07, 6.45) is 1.82. The van der Waals surface area contributed by atoms with Crippen LogP contribution in [-0.2, 0) is 16.6 Å². The maximum absolute atomic E-state index is 12.9. The van der Waals surface area contributed by atoms with E-state index in [0.29, 0.717) is 11.4 Å². The van der Waals surface area contributed by atoms with Crippen molar-refractivity contribution in [2.24, 2.45) is 0 Å². The van der Waals surface area contributed by atoms with Crippen LogP contribution in [0, 0.1) is 0 Å². The number of ether oxygens (including phenoxy) is 2. The van der Waals surface area contributed by atoms with E-state index in [9.17, 15) is 8.42 Å². The molecular formula is C24H28N4O4S. The fourth-order valence-electron chi connectivity index (χ4n) is 3.82. The summed E-state index contributed by atoms with van der Waals surface area (Å²) in [6, 6.07) is 18.1. The van der Waals surface area contributed by atoms with E-state index in [1.165, 1.54) is 20.3 Å². The van der Waals surface area contributed by atoms with Crippen LogP contribution in [0.1, 0.15) is 5.56 Å². The van der Waals surface area contributed by atoms with Crippen molar-refractivity contribution >= 4 is 21.5 Å². The summed E-state index contributed by atoms with van der Waals surface area (Å²) in [7, 11) is -0.913. The van der Waals surface area contributed by atoms with Crippen molar-refractivity contribution in [2.75, 3.05) is 50.0 Å². The molecule has 2 heterocycles. The first kappa shape index (κ1) is 22.9. The normalized spacial score (nSPS) is 14.7. The second-order valence-electron chi connectivity index (χ2n) is 7.77. The highest BCUT2D eigenvalue weighted by molar-refractivity contribution is 7.92. The fraction of sp³-hybridized carbons (Fsp3) is 0.292. The van der Waals surface area contributed by atoms with Gasteiger partial charge in [0.1, 0.15) is 22.2 Å². The van der Waals surface area contributed by atoms with E-state index in [2.05, 4.69) is 19.5 Å². The number of aromatic nitrogens is 1. The first-order chi connectivity index (χ1) is 16.0. The van der Waals surface area contributed by atoms with Crippen molar-refractivity contribution in [1.29, 1.82) is 0 Å². The van der Waals surface area contributed by atoms with E-state index < -0.39 is 10.0 Å². The first-order valence-corrected chi connectivity index (χ1v) is 12.2. The maximum atomic E-state index is 12.9. The second kappa shape index (κ2) is 10.1. The Morgan fingerprint density at radius 3 is 2.33 bits per heavy atom. The minimum atomic E-state index is -3.84. The van der Waals surface area contributed by atoms with Gasteiger partial charge < -0.3 is 14.4 Å². The number of hydrogen-bond donors (Lipinski definition) is 1. The molecule has 1 aromatic heterocycles. The van der Waals surface area contributed by atoms with E-state index in [0.717, 1.165) is 44.1 Å². The zero-order valence-electron chi connectivity index (χ0n) is 18.8. The van der Waals surface area contributed by atoms with Gasteiger partial charge in [-0.25, -0.2) is 13.4 Å². The lowest BCUT2D eigenvalue weighted by atomic mass is 10.2. The molecule has 1 fully saturated rings. The smallest absolute Gasteiger partial charge is 0.265 e. The number of pyridine rings is 1. The monoisotopic (exact) mass is 468 g/mol. The Hall–Kier alpha value is -3.30. The number of anilines is 2. The largest absolute Gasteiger partial charge is 0.497 e. The molecule has 0 saturated carbocycles. The van der Waals surface area contributed by atoms with Gasteiger partial charge in [-0.3, -0.25) is 9.62 Å². The van der Waals surface area contributed by atoms with Gasteiger partial charge >= 0.3 is 0 Å².